The van der Waals surface area contributed by atoms with Gasteiger partial charge in [0.15, 0.2) is 0 Å². The monoisotopic (exact) mass is 212 g/mol. The van der Waals surface area contributed by atoms with Gasteiger partial charge in [-0.2, -0.15) is 0 Å². The summed E-state index contributed by atoms with van der Waals surface area (Å²) in [7, 11) is 0. The number of piperidine rings is 1. The minimum Gasteiger partial charge on any atom is -0.380 e. The average molecular weight is 212 g/mol. The van der Waals surface area contributed by atoms with Crippen LogP contribution in [0.1, 0.15) is 33.1 Å². The highest BCUT2D eigenvalue weighted by atomic mass is 16.5. The molecule has 0 bridgehead atoms. The van der Waals surface area contributed by atoms with Gasteiger partial charge in [-0.1, -0.05) is 6.92 Å². The van der Waals surface area contributed by atoms with E-state index in [4.69, 9.17) is 10.5 Å². The molecule has 2 aliphatic rings. The first-order valence-corrected chi connectivity index (χ1v) is 6.27. The highest BCUT2D eigenvalue weighted by molar-refractivity contribution is 4.90. The van der Waals surface area contributed by atoms with Crippen LogP contribution in [-0.4, -0.2) is 42.8 Å². The van der Waals surface area contributed by atoms with Crippen LogP contribution in [0.4, 0.5) is 0 Å². The van der Waals surface area contributed by atoms with Gasteiger partial charge in [-0.15, -0.1) is 0 Å². The molecule has 0 spiro atoms. The lowest BCUT2D eigenvalue weighted by Crippen LogP contribution is -2.58. The molecular formula is C12H24N2O. The third kappa shape index (κ3) is 2.52. The van der Waals surface area contributed by atoms with E-state index >= 15 is 0 Å². The van der Waals surface area contributed by atoms with Crippen LogP contribution < -0.4 is 5.73 Å². The fourth-order valence-electron chi connectivity index (χ4n) is 3.00. The van der Waals surface area contributed by atoms with Crippen molar-refractivity contribution >= 4 is 0 Å². The summed E-state index contributed by atoms with van der Waals surface area (Å²) in [5, 5.41) is 0. The fourth-order valence-corrected chi connectivity index (χ4v) is 3.00. The topological polar surface area (TPSA) is 38.5 Å². The fraction of sp³-hybridized carbons (Fsp3) is 1.00. The molecule has 4 unspecified atom stereocenters. The van der Waals surface area contributed by atoms with Crippen LogP contribution in [-0.2, 0) is 4.74 Å². The smallest absolute Gasteiger partial charge is 0.0637 e. The van der Waals surface area contributed by atoms with Gasteiger partial charge in [0.1, 0.15) is 0 Å². The Hall–Kier alpha value is -0.120. The van der Waals surface area contributed by atoms with Crippen molar-refractivity contribution in [3.8, 4) is 0 Å². The van der Waals surface area contributed by atoms with Crippen molar-refractivity contribution in [2.45, 2.75) is 51.2 Å². The van der Waals surface area contributed by atoms with Crippen LogP contribution in [0.2, 0.25) is 0 Å². The van der Waals surface area contributed by atoms with Crippen molar-refractivity contribution in [2.75, 3.05) is 19.8 Å². The molecule has 3 nitrogen and oxygen atoms in total. The van der Waals surface area contributed by atoms with E-state index in [2.05, 4.69) is 18.7 Å². The van der Waals surface area contributed by atoms with E-state index in [1.165, 1.54) is 19.4 Å². The molecule has 2 heterocycles. The predicted octanol–water partition coefficient (Wildman–Crippen LogP) is 1.22. The van der Waals surface area contributed by atoms with Gasteiger partial charge in [0.2, 0.25) is 0 Å². The Morgan fingerprint density at radius 3 is 2.73 bits per heavy atom. The number of likely N-dealkylation sites (tertiary alicyclic amines) is 1. The first kappa shape index (κ1) is 11.4. The maximum Gasteiger partial charge on any atom is 0.0637 e. The summed E-state index contributed by atoms with van der Waals surface area (Å²) >= 11 is 0. The molecule has 2 rings (SSSR count). The summed E-state index contributed by atoms with van der Waals surface area (Å²) in [6, 6.07) is 1.45. The molecule has 0 amide bonds. The Morgan fingerprint density at radius 1 is 1.27 bits per heavy atom. The molecule has 2 saturated heterocycles. The van der Waals surface area contributed by atoms with Crippen LogP contribution in [0, 0.1) is 5.92 Å². The van der Waals surface area contributed by atoms with Crippen molar-refractivity contribution in [3.63, 3.8) is 0 Å². The Morgan fingerprint density at radius 2 is 2.07 bits per heavy atom. The minimum atomic E-state index is 0.314. The predicted molar refractivity (Wildman–Crippen MR) is 61.8 cm³/mol. The van der Waals surface area contributed by atoms with Gasteiger partial charge in [0, 0.05) is 24.7 Å². The molecule has 4 atom stereocenters. The van der Waals surface area contributed by atoms with Gasteiger partial charge in [-0.3, -0.25) is 4.90 Å². The van der Waals surface area contributed by atoms with Crippen LogP contribution in [0.25, 0.3) is 0 Å². The Labute approximate surface area is 93.0 Å². The number of hydrogen-bond donors (Lipinski definition) is 1. The Bertz CT molecular complexity index is 210. The molecule has 0 radical (unpaired) electrons. The van der Waals surface area contributed by atoms with E-state index in [0.29, 0.717) is 18.1 Å². The van der Waals surface area contributed by atoms with Crippen LogP contribution in [0.15, 0.2) is 0 Å². The number of nitrogens with zero attached hydrogens (tertiary/aromatic N) is 1. The summed E-state index contributed by atoms with van der Waals surface area (Å²) in [5.41, 5.74) is 6.19. The molecule has 3 heteroatoms. The highest BCUT2D eigenvalue weighted by Crippen LogP contribution is 2.26. The van der Waals surface area contributed by atoms with Crippen molar-refractivity contribution in [1.82, 2.24) is 4.90 Å². The zero-order valence-electron chi connectivity index (χ0n) is 9.98. The van der Waals surface area contributed by atoms with E-state index in [-0.39, 0.29) is 0 Å². The lowest BCUT2D eigenvalue weighted by Gasteiger charge is -2.45. The summed E-state index contributed by atoms with van der Waals surface area (Å²) < 4.78 is 5.56. The molecule has 0 aliphatic carbocycles. The standard InChI is InChI=1S/C12H24N2O/c1-9-3-5-14(10(2)7-9)12-8-15-6-4-11(12)13/h9-12H,3-8,13H2,1-2H3. The Kier molecular flexibility index (Phi) is 3.65. The van der Waals surface area contributed by atoms with Crippen LogP contribution in [0.3, 0.4) is 0 Å². The first-order chi connectivity index (χ1) is 7.18. The second-order valence-corrected chi connectivity index (χ2v) is 5.31. The molecule has 0 aromatic carbocycles. The van der Waals surface area contributed by atoms with Gasteiger partial charge in [0.25, 0.3) is 0 Å². The van der Waals surface area contributed by atoms with Crippen molar-refractivity contribution in [1.29, 1.82) is 0 Å². The van der Waals surface area contributed by atoms with Crippen molar-refractivity contribution in [3.05, 3.63) is 0 Å². The van der Waals surface area contributed by atoms with Gasteiger partial charge >= 0.3 is 0 Å². The van der Waals surface area contributed by atoms with Gasteiger partial charge < -0.3 is 10.5 Å². The summed E-state index contributed by atoms with van der Waals surface area (Å²) in [6.45, 7) is 7.56. The third-order valence-corrected chi connectivity index (χ3v) is 3.99. The molecule has 88 valence electrons. The maximum absolute atomic E-state index is 6.19. The molecule has 2 fully saturated rings. The van der Waals surface area contributed by atoms with E-state index < -0.39 is 0 Å². The quantitative estimate of drug-likeness (QED) is 0.710. The normalized spacial score (nSPS) is 44.2. The number of hydrogen-bond acceptors (Lipinski definition) is 3. The Balaban J connectivity index is 1.96. The van der Waals surface area contributed by atoms with Gasteiger partial charge in [0.05, 0.1) is 6.61 Å². The maximum atomic E-state index is 6.19. The summed E-state index contributed by atoms with van der Waals surface area (Å²) in [4.78, 5) is 2.57. The van der Waals surface area contributed by atoms with E-state index in [0.717, 1.165) is 25.6 Å². The van der Waals surface area contributed by atoms with Gasteiger partial charge in [-0.05, 0) is 38.6 Å². The SMILES string of the molecule is CC1CCN(C2COCCC2N)C(C)C1. The number of nitrogens with two attached hydrogens (primary N) is 1. The summed E-state index contributed by atoms with van der Waals surface area (Å²) in [6.07, 6.45) is 3.64. The van der Waals surface area contributed by atoms with Crippen molar-refractivity contribution in [2.24, 2.45) is 11.7 Å². The highest BCUT2D eigenvalue weighted by Gasteiger charge is 2.33. The first-order valence-electron chi connectivity index (χ1n) is 6.27. The molecular weight excluding hydrogens is 188 g/mol. The zero-order chi connectivity index (χ0) is 10.8. The van der Waals surface area contributed by atoms with E-state index in [1.54, 1.807) is 0 Å². The van der Waals surface area contributed by atoms with E-state index in [1.807, 2.05) is 0 Å². The molecule has 2 N–H and O–H groups in total. The second-order valence-electron chi connectivity index (χ2n) is 5.31. The lowest BCUT2D eigenvalue weighted by molar-refractivity contribution is -0.0249. The minimum absolute atomic E-state index is 0.314. The van der Waals surface area contributed by atoms with E-state index in [9.17, 15) is 0 Å². The second kappa shape index (κ2) is 4.81. The largest absolute Gasteiger partial charge is 0.380 e. The van der Waals surface area contributed by atoms with Crippen LogP contribution >= 0.6 is 0 Å². The van der Waals surface area contributed by atoms with Crippen LogP contribution in [0.5, 0.6) is 0 Å². The molecule has 0 saturated carbocycles. The average Bonchev–Trinajstić information content (AvgIpc) is 2.20. The zero-order valence-corrected chi connectivity index (χ0v) is 9.98. The number of ether oxygens (including phenoxy) is 1. The lowest BCUT2D eigenvalue weighted by atomic mass is 9.90. The third-order valence-electron chi connectivity index (χ3n) is 3.99. The van der Waals surface area contributed by atoms with Gasteiger partial charge in [-0.25, -0.2) is 0 Å². The number of rotatable bonds is 1. The molecule has 15 heavy (non-hydrogen) atoms. The molecule has 2 aliphatic heterocycles. The summed E-state index contributed by atoms with van der Waals surface area (Å²) in [5.74, 6) is 0.872. The molecule has 0 aromatic rings. The van der Waals surface area contributed by atoms with Crippen molar-refractivity contribution < 1.29 is 4.74 Å². The molecule has 0 aromatic heterocycles.